The number of hydrogen-bond donors (Lipinski definition) is 0. The highest BCUT2D eigenvalue weighted by Crippen LogP contribution is 2.34. The van der Waals surface area contributed by atoms with Crippen LogP contribution in [0.15, 0.2) is 0 Å². The first kappa shape index (κ1) is 18.1. The van der Waals surface area contributed by atoms with Crippen LogP contribution in [0, 0.1) is 17.3 Å². The Bertz CT molecular complexity index is 365. The summed E-state index contributed by atoms with van der Waals surface area (Å²) in [5.74, 6) is 0.128. The van der Waals surface area contributed by atoms with Gasteiger partial charge in [-0.25, -0.2) is 0 Å². The summed E-state index contributed by atoms with van der Waals surface area (Å²) in [4.78, 5) is 24.2. The minimum absolute atomic E-state index is 0.00316. The molecule has 0 heterocycles. The zero-order chi connectivity index (χ0) is 16.3. The molecule has 0 aromatic carbocycles. The molecule has 0 radical (unpaired) electrons. The topological polar surface area (TPSA) is 52.6 Å². The Balaban J connectivity index is 2.36. The third-order valence-corrected chi connectivity index (χ3v) is 3.86. The molecule has 0 atom stereocenters. The summed E-state index contributed by atoms with van der Waals surface area (Å²) in [6.45, 7) is 11.6. The van der Waals surface area contributed by atoms with Crippen molar-refractivity contribution in [2.45, 2.75) is 72.8 Å². The maximum atomic E-state index is 12.2. The van der Waals surface area contributed by atoms with E-state index < -0.39 is 0 Å². The van der Waals surface area contributed by atoms with Crippen molar-refractivity contribution in [3.8, 4) is 0 Å². The lowest BCUT2D eigenvalue weighted by Crippen LogP contribution is -2.33. The lowest BCUT2D eigenvalue weighted by Gasteiger charge is -2.30. The molecule has 0 saturated heterocycles. The summed E-state index contributed by atoms with van der Waals surface area (Å²) in [7, 11) is 0. The van der Waals surface area contributed by atoms with Gasteiger partial charge in [-0.15, -0.1) is 0 Å². The molecule has 0 bridgehead atoms. The zero-order valence-electron chi connectivity index (χ0n) is 14.3. The van der Waals surface area contributed by atoms with Crippen LogP contribution < -0.4 is 0 Å². The van der Waals surface area contributed by atoms with E-state index >= 15 is 0 Å². The monoisotopic (exact) mass is 298 g/mol. The molecule has 0 N–H and O–H groups in total. The van der Waals surface area contributed by atoms with Crippen LogP contribution in [0.2, 0.25) is 0 Å². The number of ketones is 1. The van der Waals surface area contributed by atoms with Crippen LogP contribution >= 0.6 is 0 Å². The number of Topliss-reactive ketones (excluding diaryl/α,β-unsaturated/α-hetero) is 1. The number of hydrogen-bond acceptors (Lipinski definition) is 4. The van der Waals surface area contributed by atoms with Crippen molar-refractivity contribution in [1.82, 2.24) is 0 Å². The van der Waals surface area contributed by atoms with Crippen LogP contribution in [-0.4, -0.2) is 24.1 Å². The molecule has 122 valence electrons. The molecule has 1 saturated carbocycles. The second-order valence-electron chi connectivity index (χ2n) is 8.00. The summed E-state index contributed by atoms with van der Waals surface area (Å²) in [6.07, 6.45) is 3.05. The average molecular weight is 298 g/mol. The highest BCUT2D eigenvalue weighted by Gasteiger charge is 2.35. The van der Waals surface area contributed by atoms with Crippen molar-refractivity contribution in [3.63, 3.8) is 0 Å². The highest BCUT2D eigenvalue weighted by atomic mass is 16.7. The normalized spacial score (nSPS) is 23.7. The van der Waals surface area contributed by atoms with Gasteiger partial charge in [0.25, 0.3) is 0 Å². The second-order valence-corrected chi connectivity index (χ2v) is 8.00. The molecule has 4 heteroatoms. The molecular weight excluding hydrogens is 268 g/mol. The van der Waals surface area contributed by atoms with E-state index in [1.165, 1.54) is 0 Å². The lowest BCUT2D eigenvalue weighted by atomic mass is 9.73. The van der Waals surface area contributed by atoms with Gasteiger partial charge in [-0.05, 0) is 46.5 Å². The van der Waals surface area contributed by atoms with Crippen molar-refractivity contribution in [2.24, 2.45) is 17.3 Å². The molecule has 0 amide bonds. The van der Waals surface area contributed by atoms with Gasteiger partial charge in [-0.2, -0.15) is 0 Å². The van der Waals surface area contributed by atoms with Crippen LogP contribution in [0.25, 0.3) is 0 Å². The number of esters is 1. The number of carbonyl (C=O) groups excluding carboxylic acids is 2. The van der Waals surface area contributed by atoms with Gasteiger partial charge in [0.05, 0.1) is 11.5 Å². The van der Waals surface area contributed by atoms with Gasteiger partial charge in [0, 0.05) is 11.3 Å². The Hall–Kier alpha value is -0.900. The van der Waals surface area contributed by atoms with E-state index in [4.69, 9.17) is 9.47 Å². The zero-order valence-corrected chi connectivity index (χ0v) is 14.3. The predicted molar refractivity (Wildman–Crippen MR) is 81.7 cm³/mol. The Morgan fingerprint density at radius 1 is 0.905 bits per heavy atom. The summed E-state index contributed by atoms with van der Waals surface area (Å²) in [5.41, 5.74) is -0.602. The molecule has 1 aliphatic rings. The molecule has 1 fully saturated rings. The largest absolute Gasteiger partial charge is 0.438 e. The van der Waals surface area contributed by atoms with Crippen molar-refractivity contribution >= 4 is 11.8 Å². The summed E-state index contributed by atoms with van der Waals surface area (Å²) in [6, 6.07) is 0. The van der Waals surface area contributed by atoms with Gasteiger partial charge in [-0.3, -0.25) is 9.59 Å². The van der Waals surface area contributed by atoms with E-state index in [0.717, 1.165) is 25.7 Å². The SMILES string of the molecule is CC(C)(C)OCOC(=O)C1CCC(C(=O)C(C)(C)C)CC1. The Kier molecular flexibility index (Phi) is 5.97. The molecule has 1 rings (SSSR count). The van der Waals surface area contributed by atoms with Gasteiger partial charge in [0.15, 0.2) is 6.79 Å². The maximum absolute atomic E-state index is 12.2. The van der Waals surface area contributed by atoms with Gasteiger partial charge in [0.1, 0.15) is 5.78 Å². The molecular formula is C17H30O4. The number of rotatable bonds is 4. The molecule has 0 aromatic rings. The first-order valence-corrected chi connectivity index (χ1v) is 7.85. The maximum Gasteiger partial charge on any atom is 0.311 e. The van der Waals surface area contributed by atoms with Crippen LogP contribution in [0.1, 0.15) is 67.2 Å². The molecule has 0 unspecified atom stereocenters. The van der Waals surface area contributed by atoms with E-state index in [1.54, 1.807) is 0 Å². The van der Waals surface area contributed by atoms with E-state index in [0.29, 0.717) is 5.78 Å². The second kappa shape index (κ2) is 6.91. The number of ether oxygens (including phenoxy) is 2. The van der Waals surface area contributed by atoms with Crippen molar-refractivity contribution < 1.29 is 19.1 Å². The van der Waals surface area contributed by atoms with Gasteiger partial charge in [0.2, 0.25) is 0 Å². The predicted octanol–water partition coefficient (Wildman–Crippen LogP) is 3.72. The smallest absolute Gasteiger partial charge is 0.311 e. The van der Waals surface area contributed by atoms with Gasteiger partial charge >= 0.3 is 5.97 Å². The molecule has 0 spiro atoms. The van der Waals surface area contributed by atoms with E-state index in [-0.39, 0.29) is 35.6 Å². The van der Waals surface area contributed by atoms with Gasteiger partial charge in [-0.1, -0.05) is 20.8 Å². The van der Waals surface area contributed by atoms with E-state index in [1.807, 2.05) is 41.5 Å². The van der Waals surface area contributed by atoms with Crippen LogP contribution in [-0.2, 0) is 19.1 Å². The fourth-order valence-corrected chi connectivity index (χ4v) is 2.59. The fraction of sp³-hybridized carbons (Fsp3) is 0.882. The molecule has 21 heavy (non-hydrogen) atoms. The first-order valence-electron chi connectivity index (χ1n) is 7.85. The average Bonchev–Trinajstić information content (AvgIpc) is 2.35. The quantitative estimate of drug-likeness (QED) is 0.586. The summed E-state index contributed by atoms with van der Waals surface area (Å²) < 4.78 is 10.6. The molecule has 1 aliphatic carbocycles. The van der Waals surface area contributed by atoms with Crippen molar-refractivity contribution in [3.05, 3.63) is 0 Å². The molecule has 4 nitrogen and oxygen atoms in total. The Morgan fingerprint density at radius 3 is 1.81 bits per heavy atom. The Labute approximate surface area is 128 Å². The molecule has 0 aromatic heterocycles. The summed E-state index contributed by atoms with van der Waals surface area (Å²) >= 11 is 0. The minimum Gasteiger partial charge on any atom is -0.438 e. The third kappa shape index (κ3) is 6.16. The Morgan fingerprint density at radius 2 is 1.38 bits per heavy atom. The summed E-state index contributed by atoms with van der Waals surface area (Å²) in [5, 5.41) is 0. The minimum atomic E-state index is -0.308. The van der Waals surface area contributed by atoms with Crippen molar-refractivity contribution in [1.29, 1.82) is 0 Å². The van der Waals surface area contributed by atoms with Crippen LogP contribution in [0.3, 0.4) is 0 Å². The molecule has 0 aliphatic heterocycles. The van der Waals surface area contributed by atoms with Gasteiger partial charge < -0.3 is 9.47 Å². The highest BCUT2D eigenvalue weighted by molar-refractivity contribution is 5.86. The first-order chi connectivity index (χ1) is 9.50. The number of carbonyl (C=O) groups is 2. The fourth-order valence-electron chi connectivity index (χ4n) is 2.59. The van der Waals surface area contributed by atoms with Crippen molar-refractivity contribution in [2.75, 3.05) is 6.79 Å². The standard InChI is InChI=1S/C17H30O4/c1-16(2,3)14(18)12-7-9-13(10-8-12)15(19)20-11-21-17(4,5)6/h12-13H,7-11H2,1-6H3. The lowest BCUT2D eigenvalue weighted by molar-refractivity contribution is -0.173. The van der Waals surface area contributed by atoms with Crippen LogP contribution in [0.4, 0.5) is 0 Å². The van der Waals surface area contributed by atoms with E-state index in [9.17, 15) is 9.59 Å². The third-order valence-electron chi connectivity index (χ3n) is 3.86. The van der Waals surface area contributed by atoms with E-state index in [2.05, 4.69) is 0 Å². The van der Waals surface area contributed by atoms with Crippen LogP contribution in [0.5, 0.6) is 0 Å².